The largest absolute Gasteiger partial charge is 0.378 e. The number of morpholine rings is 1. The van der Waals surface area contributed by atoms with Crippen molar-refractivity contribution in [1.82, 2.24) is 9.80 Å². The minimum atomic E-state index is -0.0792. The summed E-state index contributed by atoms with van der Waals surface area (Å²) in [5.41, 5.74) is 2.44. The molecule has 3 rings (SSSR count). The van der Waals surface area contributed by atoms with Crippen LogP contribution in [0.3, 0.4) is 0 Å². The molecule has 0 N–H and O–H groups in total. The zero-order valence-electron chi connectivity index (χ0n) is 14.2. The number of piperazine rings is 1. The highest BCUT2D eigenvalue weighted by atomic mass is 16.5. The van der Waals surface area contributed by atoms with E-state index >= 15 is 0 Å². The van der Waals surface area contributed by atoms with Crippen molar-refractivity contribution in [3.8, 4) is 0 Å². The molecule has 2 saturated heterocycles. The summed E-state index contributed by atoms with van der Waals surface area (Å²) in [6.45, 7) is 7.35. The Morgan fingerprint density at radius 3 is 2.21 bits per heavy atom. The summed E-state index contributed by atoms with van der Waals surface area (Å²) in [5, 5.41) is 0. The highest BCUT2D eigenvalue weighted by Gasteiger charge is 2.25. The molecular formula is C18H25N3O3. The second-order valence-corrected chi connectivity index (χ2v) is 6.38. The SMILES string of the molecule is Cc1cccc(N2CCN(C(=O)CC(=O)N3CCOCC3)CC2)c1. The smallest absolute Gasteiger partial charge is 0.232 e. The molecule has 2 fully saturated rings. The van der Waals surface area contributed by atoms with Gasteiger partial charge in [0.1, 0.15) is 6.42 Å². The van der Waals surface area contributed by atoms with Crippen molar-refractivity contribution in [2.75, 3.05) is 57.4 Å². The number of aryl methyl sites for hydroxylation is 1. The summed E-state index contributed by atoms with van der Waals surface area (Å²) in [5.74, 6) is -0.139. The fourth-order valence-corrected chi connectivity index (χ4v) is 3.20. The summed E-state index contributed by atoms with van der Waals surface area (Å²) >= 11 is 0. The zero-order valence-corrected chi connectivity index (χ0v) is 14.2. The van der Waals surface area contributed by atoms with Crippen LogP contribution in [0.4, 0.5) is 5.69 Å². The van der Waals surface area contributed by atoms with Crippen LogP contribution >= 0.6 is 0 Å². The summed E-state index contributed by atoms with van der Waals surface area (Å²) in [6.07, 6.45) is -0.0234. The van der Waals surface area contributed by atoms with Gasteiger partial charge in [0.2, 0.25) is 11.8 Å². The van der Waals surface area contributed by atoms with Crippen molar-refractivity contribution in [1.29, 1.82) is 0 Å². The average Bonchev–Trinajstić information content (AvgIpc) is 2.62. The second-order valence-electron chi connectivity index (χ2n) is 6.38. The molecule has 6 heteroatoms. The van der Waals surface area contributed by atoms with Crippen LogP contribution < -0.4 is 4.90 Å². The molecule has 2 aliphatic heterocycles. The molecule has 0 aromatic heterocycles. The first-order valence-electron chi connectivity index (χ1n) is 8.58. The number of anilines is 1. The van der Waals surface area contributed by atoms with Gasteiger partial charge in [0.25, 0.3) is 0 Å². The Morgan fingerprint density at radius 1 is 0.958 bits per heavy atom. The molecule has 0 atom stereocenters. The Labute approximate surface area is 143 Å². The van der Waals surface area contributed by atoms with Gasteiger partial charge in [0.05, 0.1) is 13.2 Å². The lowest BCUT2D eigenvalue weighted by Crippen LogP contribution is -2.50. The lowest BCUT2D eigenvalue weighted by molar-refractivity contribution is -0.143. The van der Waals surface area contributed by atoms with Gasteiger partial charge in [0.15, 0.2) is 0 Å². The number of nitrogens with zero attached hydrogens (tertiary/aromatic N) is 3. The van der Waals surface area contributed by atoms with Crippen molar-refractivity contribution < 1.29 is 14.3 Å². The van der Waals surface area contributed by atoms with Crippen LogP contribution in [0.1, 0.15) is 12.0 Å². The summed E-state index contributed by atoms with van der Waals surface area (Å²) < 4.78 is 5.24. The molecule has 2 amide bonds. The Kier molecular flexibility index (Phi) is 5.35. The molecule has 6 nitrogen and oxygen atoms in total. The van der Waals surface area contributed by atoms with E-state index in [1.807, 2.05) is 4.90 Å². The minimum Gasteiger partial charge on any atom is -0.378 e. The first kappa shape index (κ1) is 16.8. The second kappa shape index (κ2) is 7.66. The monoisotopic (exact) mass is 331 g/mol. The Hall–Kier alpha value is -2.08. The van der Waals surface area contributed by atoms with Gasteiger partial charge < -0.3 is 19.4 Å². The van der Waals surface area contributed by atoms with Crippen LogP contribution in [0.15, 0.2) is 24.3 Å². The summed E-state index contributed by atoms with van der Waals surface area (Å²) in [7, 11) is 0. The van der Waals surface area contributed by atoms with Gasteiger partial charge in [-0.25, -0.2) is 0 Å². The number of carbonyl (C=O) groups is 2. The van der Waals surface area contributed by atoms with Crippen molar-refractivity contribution in [2.24, 2.45) is 0 Å². The van der Waals surface area contributed by atoms with E-state index in [0.29, 0.717) is 39.4 Å². The van der Waals surface area contributed by atoms with Gasteiger partial charge in [0, 0.05) is 45.0 Å². The normalized spacial score (nSPS) is 18.6. The van der Waals surface area contributed by atoms with Gasteiger partial charge in [-0.2, -0.15) is 0 Å². The number of amides is 2. The molecule has 1 aromatic rings. The van der Waals surface area contributed by atoms with E-state index in [9.17, 15) is 9.59 Å². The number of ether oxygens (including phenoxy) is 1. The zero-order chi connectivity index (χ0) is 16.9. The van der Waals surface area contributed by atoms with E-state index in [1.54, 1.807) is 4.90 Å². The topological polar surface area (TPSA) is 53.1 Å². The number of hydrogen-bond acceptors (Lipinski definition) is 4. The predicted octanol–water partition coefficient (Wildman–Crippen LogP) is 0.893. The maximum absolute atomic E-state index is 12.4. The Bertz CT molecular complexity index is 591. The molecule has 130 valence electrons. The third-order valence-corrected chi connectivity index (χ3v) is 4.67. The number of hydrogen-bond donors (Lipinski definition) is 0. The minimum absolute atomic E-state index is 0.0234. The Morgan fingerprint density at radius 2 is 1.58 bits per heavy atom. The molecular weight excluding hydrogens is 306 g/mol. The first-order valence-corrected chi connectivity index (χ1v) is 8.58. The quantitative estimate of drug-likeness (QED) is 0.772. The predicted molar refractivity (Wildman–Crippen MR) is 92.0 cm³/mol. The molecule has 0 aliphatic carbocycles. The number of carbonyl (C=O) groups excluding carboxylic acids is 2. The van der Waals surface area contributed by atoms with Crippen molar-refractivity contribution in [3.63, 3.8) is 0 Å². The van der Waals surface area contributed by atoms with Crippen molar-refractivity contribution in [3.05, 3.63) is 29.8 Å². The lowest BCUT2D eigenvalue weighted by atomic mass is 10.2. The fraction of sp³-hybridized carbons (Fsp3) is 0.556. The maximum Gasteiger partial charge on any atom is 0.232 e. The molecule has 0 unspecified atom stereocenters. The van der Waals surface area contributed by atoms with Gasteiger partial charge >= 0.3 is 0 Å². The van der Waals surface area contributed by atoms with Gasteiger partial charge in [-0.1, -0.05) is 12.1 Å². The first-order chi connectivity index (χ1) is 11.6. The summed E-state index contributed by atoms with van der Waals surface area (Å²) in [4.78, 5) is 30.4. The molecule has 1 aromatic carbocycles. The van der Waals surface area contributed by atoms with Gasteiger partial charge in [-0.3, -0.25) is 9.59 Å². The lowest BCUT2D eigenvalue weighted by Gasteiger charge is -2.36. The van der Waals surface area contributed by atoms with E-state index in [0.717, 1.165) is 13.1 Å². The number of benzene rings is 1. The van der Waals surface area contributed by atoms with E-state index in [-0.39, 0.29) is 18.2 Å². The highest BCUT2D eigenvalue weighted by molar-refractivity contribution is 5.97. The number of rotatable bonds is 3. The molecule has 24 heavy (non-hydrogen) atoms. The molecule has 0 bridgehead atoms. The molecule has 0 radical (unpaired) electrons. The van der Waals surface area contributed by atoms with Crippen molar-refractivity contribution in [2.45, 2.75) is 13.3 Å². The fourth-order valence-electron chi connectivity index (χ4n) is 3.20. The third kappa shape index (κ3) is 4.06. The Balaban J connectivity index is 1.49. The standard InChI is InChI=1S/C18H25N3O3/c1-15-3-2-4-16(13-15)19-5-7-20(8-6-19)17(22)14-18(23)21-9-11-24-12-10-21/h2-4,13H,5-12,14H2,1H3. The van der Waals surface area contributed by atoms with E-state index in [1.165, 1.54) is 11.3 Å². The van der Waals surface area contributed by atoms with Gasteiger partial charge in [-0.05, 0) is 24.6 Å². The van der Waals surface area contributed by atoms with Crippen LogP contribution in [0.5, 0.6) is 0 Å². The van der Waals surface area contributed by atoms with E-state index < -0.39 is 0 Å². The molecule has 0 saturated carbocycles. The van der Waals surface area contributed by atoms with E-state index in [2.05, 4.69) is 36.1 Å². The van der Waals surface area contributed by atoms with Crippen LogP contribution in [0.25, 0.3) is 0 Å². The van der Waals surface area contributed by atoms with Gasteiger partial charge in [-0.15, -0.1) is 0 Å². The van der Waals surface area contributed by atoms with Crippen LogP contribution in [-0.2, 0) is 14.3 Å². The van der Waals surface area contributed by atoms with Crippen LogP contribution in [0, 0.1) is 6.92 Å². The molecule has 2 aliphatic rings. The van der Waals surface area contributed by atoms with Crippen LogP contribution in [0.2, 0.25) is 0 Å². The third-order valence-electron chi connectivity index (χ3n) is 4.67. The highest BCUT2D eigenvalue weighted by Crippen LogP contribution is 2.18. The average molecular weight is 331 g/mol. The van der Waals surface area contributed by atoms with E-state index in [4.69, 9.17) is 4.74 Å². The maximum atomic E-state index is 12.4. The van der Waals surface area contributed by atoms with Crippen LogP contribution in [-0.4, -0.2) is 74.1 Å². The van der Waals surface area contributed by atoms with Crippen molar-refractivity contribution >= 4 is 17.5 Å². The molecule has 2 heterocycles. The summed E-state index contributed by atoms with van der Waals surface area (Å²) in [6, 6.07) is 8.41. The molecule has 0 spiro atoms.